The maximum absolute atomic E-state index is 12.9. The number of fused-ring (bicyclic) bond motifs is 1. The lowest BCUT2D eigenvalue weighted by Gasteiger charge is -2.30. The van der Waals surface area contributed by atoms with Gasteiger partial charge in [0.2, 0.25) is 0 Å². The Bertz CT molecular complexity index is 1130. The Balaban J connectivity index is 1.62. The average Bonchev–Trinajstić information content (AvgIpc) is 3.23. The van der Waals surface area contributed by atoms with E-state index in [0.717, 1.165) is 18.4 Å². The first-order valence-corrected chi connectivity index (χ1v) is 11.4. The lowest BCUT2D eigenvalue weighted by atomic mass is 10.0. The van der Waals surface area contributed by atoms with Gasteiger partial charge in [-0.1, -0.05) is 29.8 Å². The number of halogens is 1. The van der Waals surface area contributed by atoms with Gasteiger partial charge >= 0.3 is 0 Å². The number of carbonyl (C=O) groups is 1. The molecule has 1 amide bonds. The first kappa shape index (κ1) is 19.0. The average molecular weight is 433 g/mol. The van der Waals surface area contributed by atoms with Gasteiger partial charge in [-0.05, 0) is 60.2 Å². The second kappa shape index (κ2) is 7.58. The second-order valence-corrected chi connectivity index (χ2v) is 9.83. The summed E-state index contributed by atoms with van der Waals surface area (Å²) >= 11 is 7.30. The third-order valence-electron chi connectivity index (χ3n) is 4.57. The van der Waals surface area contributed by atoms with E-state index in [9.17, 15) is 13.2 Å². The zero-order valence-corrected chi connectivity index (χ0v) is 17.2. The highest BCUT2D eigenvalue weighted by atomic mass is 35.5. The molecular formula is C20H17ClN2O3S2. The zero-order valence-electron chi connectivity index (χ0n) is 14.8. The number of anilines is 2. The Morgan fingerprint density at radius 2 is 1.93 bits per heavy atom. The van der Waals surface area contributed by atoms with Crippen molar-refractivity contribution in [3.05, 3.63) is 76.1 Å². The molecule has 1 aliphatic heterocycles. The summed E-state index contributed by atoms with van der Waals surface area (Å²) < 4.78 is 27.7. The van der Waals surface area contributed by atoms with E-state index in [4.69, 9.17) is 11.6 Å². The molecule has 0 unspecified atom stereocenters. The molecule has 4 rings (SSSR count). The lowest BCUT2D eigenvalue weighted by Crippen LogP contribution is -2.35. The molecule has 0 aliphatic carbocycles. The van der Waals surface area contributed by atoms with Gasteiger partial charge in [0.1, 0.15) is 4.21 Å². The minimum absolute atomic E-state index is 0.301. The molecule has 0 saturated carbocycles. The highest BCUT2D eigenvalue weighted by molar-refractivity contribution is 7.94. The van der Waals surface area contributed by atoms with Crippen LogP contribution in [0.1, 0.15) is 22.3 Å². The highest BCUT2D eigenvalue weighted by Crippen LogP contribution is 2.35. The van der Waals surface area contributed by atoms with Crippen molar-refractivity contribution >= 4 is 50.2 Å². The van der Waals surface area contributed by atoms with Gasteiger partial charge in [0.15, 0.2) is 0 Å². The molecule has 0 bridgehead atoms. The summed E-state index contributed by atoms with van der Waals surface area (Å²) in [5.74, 6) is -0.301. The van der Waals surface area contributed by atoms with Crippen LogP contribution in [-0.4, -0.2) is 20.9 Å². The van der Waals surface area contributed by atoms with Crippen LogP contribution in [0, 0.1) is 0 Å². The maximum atomic E-state index is 12.9. The molecule has 28 heavy (non-hydrogen) atoms. The van der Waals surface area contributed by atoms with Crippen molar-refractivity contribution < 1.29 is 13.2 Å². The third kappa shape index (κ3) is 3.53. The Morgan fingerprint density at radius 1 is 1.11 bits per heavy atom. The number of benzene rings is 2. The van der Waals surface area contributed by atoms with Gasteiger partial charge in [-0.2, -0.15) is 0 Å². The number of hydrogen-bond donors (Lipinski definition) is 1. The zero-order chi connectivity index (χ0) is 19.7. The fourth-order valence-electron chi connectivity index (χ4n) is 3.25. The van der Waals surface area contributed by atoms with Crippen molar-refractivity contribution in [3.8, 4) is 0 Å². The number of amides is 1. The van der Waals surface area contributed by atoms with Crippen molar-refractivity contribution in [3.63, 3.8) is 0 Å². The molecule has 3 aromatic rings. The van der Waals surface area contributed by atoms with E-state index in [1.807, 2.05) is 6.07 Å². The number of aryl methyl sites for hydroxylation is 1. The Morgan fingerprint density at radius 3 is 2.68 bits per heavy atom. The van der Waals surface area contributed by atoms with Gasteiger partial charge in [0.25, 0.3) is 15.9 Å². The van der Waals surface area contributed by atoms with Crippen LogP contribution in [0.4, 0.5) is 11.4 Å². The van der Waals surface area contributed by atoms with Crippen LogP contribution < -0.4 is 9.62 Å². The second-order valence-electron chi connectivity index (χ2n) is 6.39. The molecule has 144 valence electrons. The standard InChI is InChI=1S/C20H17ClN2O3S2/c21-17-7-2-1-6-16(17)20(24)22-15-9-10-18-14(13-15)5-3-11-23(18)28(25,26)19-8-4-12-27-19/h1-2,4,6-10,12-13H,3,5,11H2,(H,22,24). The molecule has 0 saturated heterocycles. The van der Waals surface area contributed by atoms with Crippen LogP contribution in [0.2, 0.25) is 5.02 Å². The Labute approximate surface area is 172 Å². The molecule has 5 nitrogen and oxygen atoms in total. The molecule has 8 heteroatoms. The minimum Gasteiger partial charge on any atom is -0.322 e. The molecule has 0 atom stereocenters. The van der Waals surface area contributed by atoms with E-state index in [1.54, 1.807) is 53.9 Å². The third-order valence-corrected chi connectivity index (χ3v) is 8.09. The van der Waals surface area contributed by atoms with Crippen LogP contribution in [0.15, 0.2) is 64.2 Å². The fourth-order valence-corrected chi connectivity index (χ4v) is 6.12. The Hall–Kier alpha value is -2.35. The van der Waals surface area contributed by atoms with Crippen molar-refractivity contribution in [2.24, 2.45) is 0 Å². The quantitative estimate of drug-likeness (QED) is 0.644. The Kier molecular flexibility index (Phi) is 5.14. The van der Waals surface area contributed by atoms with Crippen molar-refractivity contribution in [1.29, 1.82) is 0 Å². The van der Waals surface area contributed by atoms with E-state index >= 15 is 0 Å². The summed E-state index contributed by atoms with van der Waals surface area (Å²) in [5.41, 5.74) is 2.56. The van der Waals surface area contributed by atoms with E-state index in [0.29, 0.717) is 32.7 Å². The van der Waals surface area contributed by atoms with E-state index < -0.39 is 10.0 Å². The summed E-state index contributed by atoms with van der Waals surface area (Å²) in [6, 6.07) is 15.5. The monoisotopic (exact) mass is 432 g/mol. The molecule has 0 radical (unpaired) electrons. The summed E-state index contributed by atoms with van der Waals surface area (Å²) in [5, 5.41) is 4.98. The van der Waals surface area contributed by atoms with Crippen LogP contribution in [0.25, 0.3) is 0 Å². The summed E-state index contributed by atoms with van der Waals surface area (Å²) in [7, 11) is -3.57. The largest absolute Gasteiger partial charge is 0.322 e. The SMILES string of the molecule is O=C(Nc1ccc2c(c1)CCCN2S(=O)(=O)c1cccs1)c1ccccc1Cl. The van der Waals surface area contributed by atoms with Gasteiger partial charge in [-0.3, -0.25) is 9.10 Å². The minimum atomic E-state index is -3.57. The van der Waals surface area contributed by atoms with E-state index in [1.165, 1.54) is 15.6 Å². The number of hydrogen-bond acceptors (Lipinski definition) is 4. The number of nitrogens with one attached hydrogen (secondary N) is 1. The lowest BCUT2D eigenvalue weighted by molar-refractivity contribution is 0.102. The molecule has 0 fully saturated rings. The molecule has 1 aliphatic rings. The topological polar surface area (TPSA) is 66.5 Å². The molecule has 1 aromatic heterocycles. The van der Waals surface area contributed by atoms with Gasteiger partial charge in [0.05, 0.1) is 16.3 Å². The summed E-state index contributed by atoms with van der Waals surface area (Å²) in [6.45, 7) is 0.443. The molecule has 2 aromatic carbocycles. The number of rotatable bonds is 4. The molecular weight excluding hydrogens is 416 g/mol. The maximum Gasteiger partial charge on any atom is 0.273 e. The highest BCUT2D eigenvalue weighted by Gasteiger charge is 2.30. The van der Waals surface area contributed by atoms with Gasteiger partial charge in [-0.25, -0.2) is 8.42 Å². The van der Waals surface area contributed by atoms with Crippen LogP contribution in [0.3, 0.4) is 0 Å². The smallest absolute Gasteiger partial charge is 0.273 e. The van der Waals surface area contributed by atoms with Gasteiger partial charge in [0, 0.05) is 12.2 Å². The van der Waals surface area contributed by atoms with Crippen LogP contribution in [-0.2, 0) is 16.4 Å². The van der Waals surface area contributed by atoms with Crippen molar-refractivity contribution in [2.45, 2.75) is 17.1 Å². The first-order chi connectivity index (χ1) is 13.5. The first-order valence-electron chi connectivity index (χ1n) is 8.72. The van der Waals surface area contributed by atoms with Crippen LogP contribution in [0.5, 0.6) is 0 Å². The number of thiophene rings is 1. The van der Waals surface area contributed by atoms with Crippen molar-refractivity contribution in [1.82, 2.24) is 0 Å². The van der Waals surface area contributed by atoms with Crippen LogP contribution >= 0.6 is 22.9 Å². The van der Waals surface area contributed by atoms with Crippen molar-refractivity contribution in [2.75, 3.05) is 16.2 Å². The number of nitrogens with zero attached hydrogens (tertiary/aromatic N) is 1. The van der Waals surface area contributed by atoms with Gasteiger partial charge in [-0.15, -0.1) is 11.3 Å². The van der Waals surface area contributed by atoms with E-state index in [-0.39, 0.29) is 5.91 Å². The summed E-state index contributed by atoms with van der Waals surface area (Å²) in [6.07, 6.45) is 1.47. The number of carbonyl (C=O) groups excluding carboxylic acids is 1. The molecule has 2 heterocycles. The van der Waals surface area contributed by atoms with Gasteiger partial charge < -0.3 is 5.32 Å². The number of sulfonamides is 1. The predicted octanol–water partition coefficient (Wildman–Crippen LogP) is 4.80. The van der Waals surface area contributed by atoms with E-state index in [2.05, 4.69) is 5.32 Å². The molecule has 1 N–H and O–H groups in total. The normalized spacial score (nSPS) is 13.8. The predicted molar refractivity (Wildman–Crippen MR) is 113 cm³/mol. The summed E-state index contributed by atoms with van der Waals surface area (Å²) in [4.78, 5) is 12.5. The molecule has 0 spiro atoms. The fraction of sp³-hybridized carbons (Fsp3) is 0.150.